The van der Waals surface area contributed by atoms with E-state index in [1.165, 1.54) is 42.0 Å². The van der Waals surface area contributed by atoms with Gasteiger partial charge in [0.05, 0.1) is 0 Å². The molecule has 0 amide bonds. The van der Waals surface area contributed by atoms with Crippen molar-refractivity contribution in [3.05, 3.63) is 60.7 Å². The summed E-state index contributed by atoms with van der Waals surface area (Å²) in [6, 6.07) is 22.0. The molecule has 0 atom stereocenters. The number of para-hydroxylation sites is 1. The summed E-state index contributed by atoms with van der Waals surface area (Å²) in [5.41, 5.74) is 2.61. The van der Waals surface area contributed by atoms with E-state index in [9.17, 15) is 0 Å². The second-order valence-electron chi connectivity index (χ2n) is 5.54. The summed E-state index contributed by atoms with van der Waals surface area (Å²) in [6.07, 6.45) is 0. The minimum absolute atomic E-state index is 1.30. The molecule has 1 nitrogen and oxygen atoms in total. The van der Waals surface area contributed by atoms with Gasteiger partial charge in [-0.15, -0.1) is 11.3 Å². The quantitative estimate of drug-likeness (QED) is 0.344. The van der Waals surface area contributed by atoms with Crippen molar-refractivity contribution in [1.82, 2.24) is 4.57 Å². The Hall–Kier alpha value is -2.32. The number of rotatable bonds is 0. The van der Waals surface area contributed by atoms with Crippen LogP contribution in [-0.2, 0) is 7.05 Å². The lowest BCUT2D eigenvalue weighted by Crippen LogP contribution is -1.85. The highest BCUT2D eigenvalue weighted by Gasteiger charge is 2.11. The van der Waals surface area contributed by atoms with E-state index in [1.54, 1.807) is 0 Å². The Bertz CT molecular complexity index is 1140. The fourth-order valence-corrected chi connectivity index (χ4v) is 4.50. The van der Waals surface area contributed by atoms with E-state index in [1.807, 2.05) is 11.3 Å². The first kappa shape index (κ1) is 11.4. The Kier molecular flexibility index (Phi) is 2.09. The summed E-state index contributed by atoms with van der Waals surface area (Å²) in [4.78, 5) is 0. The topological polar surface area (TPSA) is 4.93 Å². The van der Waals surface area contributed by atoms with Crippen LogP contribution in [0.1, 0.15) is 0 Å². The Morgan fingerprint density at radius 2 is 1.43 bits per heavy atom. The predicted molar refractivity (Wildman–Crippen MR) is 93.3 cm³/mol. The zero-order valence-electron chi connectivity index (χ0n) is 11.6. The van der Waals surface area contributed by atoms with Crippen molar-refractivity contribution in [2.75, 3.05) is 0 Å². The molecule has 2 heterocycles. The number of hydrogen-bond donors (Lipinski definition) is 0. The number of aryl methyl sites for hydroxylation is 1. The van der Waals surface area contributed by atoms with Crippen molar-refractivity contribution in [3.8, 4) is 0 Å². The summed E-state index contributed by atoms with van der Waals surface area (Å²) in [5.74, 6) is 0. The molecule has 5 rings (SSSR count). The third kappa shape index (κ3) is 1.40. The van der Waals surface area contributed by atoms with Gasteiger partial charge < -0.3 is 4.57 Å². The van der Waals surface area contributed by atoms with Crippen LogP contribution in [0.3, 0.4) is 0 Å². The van der Waals surface area contributed by atoms with E-state index in [4.69, 9.17) is 0 Å². The van der Waals surface area contributed by atoms with Crippen molar-refractivity contribution in [2.45, 2.75) is 0 Å². The van der Waals surface area contributed by atoms with Gasteiger partial charge in [-0.2, -0.15) is 0 Å². The molecule has 21 heavy (non-hydrogen) atoms. The Labute approximate surface area is 126 Å². The molecule has 0 fully saturated rings. The van der Waals surface area contributed by atoms with Crippen molar-refractivity contribution >= 4 is 53.3 Å². The van der Waals surface area contributed by atoms with Gasteiger partial charge in [-0.3, -0.25) is 0 Å². The number of aromatic nitrogens is 1. The molecule has 0 saturated carbocycles. The maximum Gasteiger partial charge on any atom is 0.0495 e. The van der Waals surface area contributed by atoms with Crippen molar-refractivity contribution in [2.24, 2.45) is 7.05 Å². The van der Waals surface area contributed by atoms with Crippen LogP contribution in [0.2, 0.25) is 0 Å². The number of thiophene rings is 1. The molecule has 2 heteroatoms. The predicted octanol–water partition coefficient (Wildman–Crippen LogP) is 5.70. The van der Waals surface area contributed by atoms with E-state index >= 15 is 0 Å². The SMILES string of the molecule is Cn1c2ccccc2c2cc3sc4ccccc4c3cc21. The zero-order valence-corrected chi connectivity index (χ0v) is 12.4. The van der Waals surface area contributed by atoms with E-state index < -0.39 is 0 Å². The lowest BCUT2D eigenvalue weighted by atomic mass is 10.1. The third-order valence-electron chi connectivity index (χ3n) is 4.41. The number of nitrogens with zero attached hydrogens (tertiary/aromatic N) is 1. The number of benzene rings is 3. The first-order valence-electron chi connectivity index (χ1n) is 7.11. The fraction of sp³-hybridized carbons (Fsp3) is 0.0526. The zero-order chi connectivity index (χ0) is 14.0. The molecule has 0 saturated heterocycles. The van der Waals surface area contributed by atoms with Crippen LogP contribution in [0.15, 0.2) is 60.7 Å². The van der Waals surface area contributed by atoms with E-state index in [2.05, 4.69) is 72.3 Å². The van der Waals surface area contributed by atoms with Gasteiger partial charge in [0.15, 0.2) is 0 Å². The summed E-state index contributed by atoms with van der Waals surface area (Å²) >= 11 is 1.89. The highest BCUT2D eigenvalue weighted by molar-refractivity contribution is 7.25. The molecule has 100 valence electrons. The first-order valence-corrected chi connectivity index (χ1v) is 7.93. The maximum atomic E-state index is 2.36. The van der Waals surface area contributed by atoms with Crippen LogP contribution >= 0.6 is 11.3 Å². The van der Waals surface area contributed by atoms with Gasteiger partial charge in [-0.25, -0.2) is 0 Å². The largest absolute Gasteiger partial charge is 0.344 e. The second-order valence-corrected chi connectivity index (χ2v) is 6.62. The molecule has 3 aromatic carbocycles. The van der Waals surface area contributed by atoms with Crippen LogP contribution in [0.5, 0.6) is 0 Å². The third-order valence-corrected chi connectivity index (χ3v) is 5.55. The summed E-state index contributed by atoms with van der Waals surface area (Å²) < 4.78 is 5.04. The van der Waals surface area contributed by atoms with E-state index in [-0.39, 0.29) is 0 Å². The average Bonchev–Trinajstić information content (AvgIpc) is 3.02. The molecule has 0 aliphatic heterocycles. The highest BCUT2D eigenvalue weighted by Crippen LogP contribution is 2.38. The van der Waals surface area contributed by atoms with Crippen molar-refractivity contribution in [3.63, 3.8) is 0 Å². The maximum absolute atomic E-state index is 2.36. The van der Waals surface area contributed by atoms with Crippen LogP contribution in [0.25, 0.3) is 42.0 Å². The lowest BCUT2D eigenvalue weighted by Gasteiger charge is -1.98. The van der Waals surface area contributed by atoms with Crippen LogP contribution in [0.4, 0.5) is 0 Å². The molecule has 0 N–H and O–H groups in total. The lowest BCUT2D eigenvalue weighted by molar-refractivity contribution is 1.02. The van der Waals surface area contributed by atoms with Crippen LogP contribution < -0.4 is 0 Å². The molecular formula is C19H13NS. The average molecular weight is 287 g/mol. The van der Waals surface area contributed by atoms with Gasteiger partial charge in [0.25, 0.3) is 0 Å². The van der Waals surface area contributed by atoms with E-state index in [0.29, 0.717) is 0 Å². The summed E-state index contributed by atoms with van der Waals surface area (Å²) in [5, 5.41) is 5.43. The number of fused-ring (bicyclic) bond motifs is 6. The monoisotopic (exact) mass is 287 g/mol. The van der Waals surface area contributed by atoms with Gasteiger partial charge >= 0.3 is 0 Å². The standard InChI is InChI=1S/C19H13NS/c1-20-16-8-4-2-6-12(16)14-11-19-15(10-17(14)20)13-7-3-5-9-18(13)21-19/h2-11H,1H3. The van der Waals surface area contributed by atoms with Crippen LogP contribution in [-0.4, -0.2) is 4.57 Å². The molecule has 0 aliphatic carbocycles. The summed E-state index contributed by atoms with van der Waals surface area (Å²) in [7, 11) is 2.16. The smallest absolute Gasteiger partial charge is 0.0495 e. The summed E-state index contributed by atoms with van der Waals surface area (Å²) in [6.45, 7) is 0. The normalized spacial score (nSPS) is 12.0. The van der Waals surface area contributed by atoms with Gasteiger partial charge in [0.2, 0.25) is 0 Å². The molecule has 0 aliphatic rings. The molecule has 0 spiro atoms. The Morgan fingerprint density at radius 1 is 0.667 bits per heavy atom. The second kappa shape index (κ2) is 3.86. The van der Waals surface area contributed by atoms with Gasteiger partial charge in [0.1, 0.15) is 0 Å². The number of hydrogen-bond acceptors (Lipinski definition) is 1. The van der Waals surface area contributed by atoms with Gasteiger partial charge in [0, 0.05) is 49.0 Å². The molecule has 5 aromatic rings. The Balaban J connectivity index is 2.08. The van der Waals surface area contributed by atoms with Gasteiger partial charge in [-0.05, 0) is 24.3 Å². The molecule has 2 aromatic heterocycles. The molecule has 0 radical (unpaired) electrons. The fourth-order valence-electron chi connectivity index (χ4n) is 3.38. The molecular weight excluding hydrogens is 274 g/mol. The minimum Gasteiger partial charge on any atom is -0.344 e. The van der Waals surface area contributed by atoms with Crippen LogP contribution in [0, 0.1) is 0 Å². The highest BCUT2D eigenvalue weighted by atomic mass is 32.1. The Morgan fingerprint density at radius 3 is 2.33 bits per heavy atom. The first-order chi connectivity index (χ1) is 10.3. The molecule has 0 unspecified atom stereocenters. The van der Waals surface area contributed by atoms with Gasteiger partial charge in [-0.1, -0.05) is 36.4 Å². The van der Waals surface area contributed by atoms with Crippen molar-refractivity contribution in [1.29, 1.82) is 0 Å². The minimum atomic E-state index is 1.30. The van der Waals surface area contributed by atoms with E-state index in [0.717, 1.165) is 0 Å². The van der Waals surface area contributed by atoms with Crippen molar-refractivity contribution < 1.29 is 0 Å². The molecule has 0 bridgehead atoms.